The summed E-state index contributed by atoms with van der Waals surface area (Å²) in [5, 5.41) is 15.1. The first-order valence-corrected chi connectivity index (χ1v) is 7.79. The van der Waals surface area contributed by atoms with E-state index in [4.69, 9.17) is 0 Å². The van der Waals surface area contributed by atoms with Crippen LogP contribution >= 0.6 is 11.3 Å². The van der Waals surface area contributed by atoms with E-state index in [0.29, 0.717) is 5.69 Å². The molecule has 112 valence electrons. The summed E-state index contributed by atoms with van der Waals surface area (Å²) >= 11 is 1.52. The van der Waals surface area contributed by atoms with Crippen LogP contribution < -0.4 is 0 Å². The molecule has 0 atom stereocenters. The lowest BCUT2D eigenvalue weighted by molar-refractivity contribution is 0.275. The number of rotatable bonds is 2. The summed E-state index contributed by atoms with van der Waals surface area (Å²) in [6.45, 7) is 3.82. The summed E-state index contributed by atoms with van der Waals surface area (Å²) in [6.07, 6.45) is 0. The van der Waals surface area contributed by atoms with Crippen molar-refractivity contribution in [1.82, 2.24) is 24.1 Å². The zero-order valence-electron chi connectivity index (χ0n) is 12.5. The maximum atomic E-state index is 9.72. The largest absolute Gasteiger partial charge is 0.390 e. The smallest absolute Gasteiger partial charge is 0.213 e. The van der Waals surface area contributed by atoms with E-state index in [0.717, 1.165) is 38.1 Å². The molecule has 7 heteroatoms. The van der Waals surface area contributed by atoms with Gasteiger partial charge < -0.3 is 9.67 Å². The molecule has 22 heavy (non-hydrogen) atoms. The maximum absolute atomic E-state index is 9.72. The van der Waals surface area contributed by atoms with Gasteiger partial charge in [-0.25, -0.2) is 14.5 Å². The molecule has 0 spiro atoms. The minimum atomic E-state index is -0.0983. The summed E-state index contributed by atoms with van der Waals surface area (Å²) < 4.78 is 3.78. The lowest BCUT2D eigenvalue weighted by Gasteiger charge is -2.02. The van der Waals surface area contributed by atoms with Crippen LogP contribution in [-0.4, -0.2) is 29.3 Å². The molecule has 0 aliphatic carbocycles. The Morgan fingerprint density at radius 1 is 1.23 bits per heavy atom. The van der Waals surface area contributed by atoms with E-state index in [1.54, 1.807) is 4.52 Å². The van der Waals surface area contributed by atoms with Gasteiger partial charge in [-0.15, -0.1) is 0 Å². The maximum Gasteiger partial charge on any atom is 0.213 e. The van der Waals surface area contributed by atoms with E-state index >= 15 is 0 Å². The molecule has 0 saturated heterocycles. The van der Waals surface area contributed by atoms with Crippen LogP contribution in [0.15, 0.2) is 18.2 Å². The highest BCUT2D eigenvalue weighted by Crippen LogP contribution is 2.29. The molecule has 0 fully saturated rings. The predicted octanol–water partition coefficient (Wildman–Crippen LogP) is 2.45. The highest BCUT2D eigenvalue weighted by molar-refractivity contribution is 7.16. The van der Waals surface area contributed by atoms with Crippen LogP contribution in [0.5, 0.6) is 0 Å². The Morgan fingerprint density at radius 2 is 2.05 bits per heavy atom. The molecule has 6 nitrogen and oxygen atoms in total. The molecule has 0 saturated carbocycles. The van der Waals surface area contributed by atoms with E-state index in [9.17, 15) is 5.11 Å². The van der Waals surface area contributed by atoms with Crippen molar-refractivity contribution in [3.05, 3.63) is 34.7 Å². The summed E-state index contributed by atoms with van der Waals surface area (Å²) in [6, 6.07) is 6.07. The molecule has 0 aliphatic heterocycles. The molecule has 1 aromatic carbocycles. The zero-order valence-corrected chi connectivity index (χ0v) is 13.3. The Hall–Kier alpha value is -2.25. The third-order valence-electron chi connectivity index (χ3n) is 3.93. The summed E-state index contributed by atoms with van der Waals surface area (Å²) in [4.78, 5) is 10.00. The number of imidazole rings is 2. The van der Waals surface area contributed by atoms with Crippen molar-refractivity contribution in [2.45, 2.75) is 20.5 Å². The lowest BCUT2D eigenvalue weighted by atomic mass is 10.1. The molecule has 0 aliphatic rings. The fourth-order valence-electron chi connectivity index (χ4n) is 2.73. The zero-order chi connectivity index (χ0) is 15.4. The van der Waals surface area contributed by atoms with Gasteiger partial charge in [0, 0.05) is 12.6 Å². The highest BCUT2D eigenvalue weighted by Gasteiger charge is 2.17. The average molecular weight is 313 g/mol. The molecule has 0 unspecified atom stereocenters. The van der Waals surface area contributed by atoms with Gasteiger partial charge in [-0.1, -0.05) is 17.4 Å². The number of aliphatic hydroxyl groups is 1. The second-order valence-electron chi connectivity index (χ2n) is 5.30. The van der Waals surface area contributed by atoms with Crippen LogP contribution in [0.3, 0.4) is 0 Å². The van der Waals surface area contributed by atoms with Crippen LogP contribution in [0.2, 0.25) is 0 Å². The first-order valence-electron chi connectivity index (χ1n) is 6.98. The number of benzene rings is 1. The van der Waals surface area contributed by atoms with Crippen molar-refractivity contribution in [3.8, 4) is 11.3 Å². The molecule has 3 aromatic heterocycles. The van der Waals surface area contributed by atoms with Gasteiger partial charge in [0.05, 0.1) is 29.0 Å². The predicted molar refractivity (Wildman–Crippen MR) is 86.0 cm³/mol. The van der Waals surface area contributed by atoms with Gasteiger partial charge in [0.1, 0.15) is 10.8 Å². The van der Waals surface area contributed by atoms with Crippen molar-refractivity contribution in [1.29, 1.82) is 0 Å². The van der Waals surface area contributed by atoms with Gasteiger partial charge in [0.15, 0.2) is 0 Å². The summed E-state index contributed by atoms with van der Waals surface area (Å²) in [7, 11) is 2.00. The van der Waals surface area contributed by atoms with Crippen LogP contribution in [0.25, 0.3) is 27.3 Å². The standard InChI is InChI=1S/C15H15N5OS/c1-8-16-11-6-10(4-5-12(11)19(8)3)14-13(7-21)20-15(17-14)22-9(2)18-20/h4-6,21H,7H2,1-3H3. The first kappa shape index (κ1) is 13.4. The fourth-order valence-corrected chi connectivity index (χ4v) is 3.49. The van der Waals surface area contributed by atoms with Crippen molar-refractivity contribution in [3.63, 3.8) is 0 Å². The van der Waals surface area contributed by atoms with Gasteiger partial charge in [-0.2, -0.15) is 5.10 Å². The van der Waals surface area contributed by atoms with Crippen molar-refractivity contribution in [2.24, 2.45) is 7.05 Å². The van der Waals surface area contributed by atoms with Crippen LogP contribution in [-0.2, 0) is 13.7 Å². The molecule has 1 N–H and O–H groups in total. The Balaban J connectivity index is 1.96. The lowest BCUT2D eigenvalue weighted by Crippen LogP contribution is -1.95. The molecule has 0 bridgehead atoms. The van der Waals surface area contributed by atoms with Crippen molar-refractivity contribution in [2.75, 3.05) is 0 Å². The second-order valence-corrected chi connectivity index (χ2v) is 6.46. The number of hydrogen-bond acceptors (Lipinski definition) is 5. The van der Waals surface area contributed by atoms with Gasteiger partial charge >= 0.3 is 0 Å². The molecule has 4 rings (SSSR count). The molecule has 0 amide bonds. The minimum Gasteiger partial charge on any atom is -0.390 e. The summed E-state index contributed by atoms with van der Waals surface area (Å²) in [5.74, 6) is 0.970. The average Bonchev–Trinajstić information content (AvgIpc) is 3.10. The molecule has 0 radical (unpaired) electrons. The topological polar surface area (TPSA) is 68.2 Å². The van der Waals surface area contributed by atoms with Crippen LogP contribution in [0.4, 0.5) is 0 Å². The third-order valence-corrected chi connectivity index (χ3v) is 4.75. The number of nitrogens with zero attached hydrogens (tertiary/aromatic N) is 5. The minimum absolute atomic E-state index is 0.0983. The van der Waals surface area contributed by atoms with E-state index in [1.807, 2.05) is 39.1 Å². The van der Waals surface area contributed by atoms with E-state index in [2.05, 4.69) is 19.6 Å². The Bertz CT molecular complexity index is 1010. The number of aromatic nitrogens is 5. The van der Waals surface area contributed by atoms with Gasteiger partial charge in [0.25, 0.3) is 0 Å². The van der Waals surface area contributed by atoms with Crippen molar-refractivity contribution >= 4 is 27.3 Å². The fraction of sp³-hybridized carbons (Fsp3) is 0.267. The van der Waals surface area contributed by atoms with Crippen molar-refractivity contribution < 1.29 is 5.11 Å². The molecule has 3 heterocycles. The number of fused-ring (bicyclic) bond motifs is 2. The van der Waals surface area contributed by atoms with Gasteiger partial charge in [-0.05, 0) is 26.0 Å². The normalized spacial score (nSPS) is 11.8. The molecule has 4 aromatic rings. The first-order chi connectivity index (χ1) is 10.6. The second kappa shape index (κ2) is 4.62. The number of hydrogen-bond donors (Lipinski definition) is 1. The number of aliphatic hydroxyl groups excluding tert-OH is 1. The highest BCUT2D eigenvalue weighted by atomic mass is 32.1. The van der Waals surface area contributed by atoms with E-state index < -0.39 is 0 Å². The Morgan fingerprint density at radius 3 is 2.82 bits per heavy atom. The Labute approximate surface area is 130 Å². The number of aryl methyl sites for hydroxylation is 3. The molecular formula is C15H15N5OS. The summed E-state index contributed by atoms with van der Waals surface area (Å²) in [5.41, 5.74) is 4.45. The molecular weight excluding hydrogens is 298 g/mol. The monoisotopic (exact) mass is 313 g/mol. The Kier molecular flexibility index (Phi) is 2.82. The van der Waals surface area contributed by atoms with Crippen LogP contribution in [0.1, 0.15) is 16.5 Å². The quantitative estimate of drug-likeness (QED) is 0.617. The van der Waals surface area contributed by atoms with Crippen LogP contribution in [0, 0.1) is 13.8 Å². The van der Waals surface area contributed by atoms with E-state index in [-0.39, 0.29) is 6.61 Å². The van der Waals surface area contributed by atoms with Gasteiger partial charge in [-0.3, -0.25) is 0 Å². The van der Waals surface area contributed by atoms with E-state index in [1.165, 1.54) is 11.3 Å². The SMILES string of the molecule is Cc1nn2c(CO)c(-c3ccc4c(c3)nc(C)n4C)nc2s1. The van der Waals surface area contributed by atoms with Gasteiger partial charge in [0.2, 0.25) is 4.96 Å². The third kappa shape index (κ3) is 1.79.